The minimum atomic E-state index is -0.828. The first kappa shape index (κ1) is 16.8. The van der Waals surface area contributed by atoms with E-state index in [0.29, 0.717) is 24.4 Å². The number of aromatic nitrogens is 2. The molecule has 1 aliphatic rings. The molecular weight excluding hydrogens is 350 g/mol. The first-order valence-electron chi connectivity index (χ1n) is 8.56. The Morgan fingerprint density at radius 1 is 1.31 bits per heavy atom. The number of rotatable bonds is 4. The number of carboxylic acid groups (broad SMARTS) is 1. The van der Waals surface area contributed by atoms with E-state index in [1.54, 1.807) is 4.90 Å². The van der Waals surface area contributed by atoms with Crippen LogP contribution in [0.5, 0.6) is 0 Å². The summed E-state index contributed by atoms with van der Waals surface area (Å²) in [5, 5.41) is 14.7. The number of aryl methyl sites for hydroxylation is 1. The summed E-state index contributed by atoms with van der Waals surface area (Å²) in [6.07, 6.45) is 0.521. The Hall–Kier alpha value is -2.67. The molecule has 0 aliphatic carbocycles. The number of thiophene rings is 1. The highest BCUT2D eigenvalue weighted by Gasteiger charge is 2.32. The van der Waals surface area contributed by atoms with Crippen molar-refractivity contribution in [1.29, 1.82) is 0 Å². The van der Waals surface area contributed by atoms with Crippen LogP contribution in [0.3, 0.4) is 0 Å². The van der Waals surface area contributed by atoms with Gasteiger partial charge in [0.15, 0.2) is 0 Å². The molecule has 0 bridgehead atoms. The van der Waals surface area contributed by atoms with Gasteiger partial charge in [-0.05, 0) is 25.0 Å². The molecule has 1 aliphatic heterocycles. The lowest BCUT2D eigenvalue weighted by Gasteiger charge is -2.14. The van der Waals surface area contributed by atoms with Crippen molar-refractivity contribution in [2.24, 2.45) is 5.92 Å². The molecule has 4 rings (SSSR count). The quantitative estimate of drug-likeness (QED) is 0.767. The summed E-state index contributed by atoms with van der Waals surface area (Å²) < 4.78 is 1.94. The summed E-state index contributed by atoms with van der Waals surface area (Å²) in [4.78, 5) is 27.2. The minimum Gasteiger partial charge on any atom is -0.481 e. The van der Waals surface area contributed by atoms with Crippen molar-refractivity contribution >= 4 is 33.4 Å². The normalized spacial score (nSPS) is 17.1. The van der Waals surface area contributed by atoms with Gasteiger partial charge in [-0.3, -0.25) is 14.3 Å². The van der Waals surface area contributed by atoms with Crippen molar-refractivity contribution in [3.8, 4) is 0 Å². The van der Waals surface area contributed by atoms with E-state index >= 15 is 0 Å². The lowest BCUT2D eigenvalue weighted by Crippen LogP contribution is -2.29. The lowest BCUT2D eigenvalue weighted by atomic mass is 10.1. The van der Waals surface area contributed by atoms with Crippen molar-refractivity contribution in [2.75, 3.05) is 13.1 Å². The number of hydrogen-bond acceptors (Lipinski definition) is 4. The molecule has 3 aromatic rings. The average Bonchev–Trinajstić information content (AvgIpc) is 3.33. The molecule has 3 heterocycles. The SMILES string of the molecule is Cc1nn(Cc2ccccc2)c2sc(C(=O)N3CCC(C(=O)O)C3)cc12. The van der Waals surface area contributed by atoms with Gasteiger partial charge in [-0.25, -0.2) is 0 Å². The maximum Gasteiger partial charge on any atom is 0.308 e. The molecular formula is C19H19N3O3S. The van der Waals surface area contributed by atoms with Gasteiger partial charge in [0.1, 0.15) is 4.83 Å². The van der Waals surface area contributed by atoms with E-state index in [1.165, 1.54) is 11.3 Å². The van der Waals surface area contributed by atoms with Crippen LogP contribution >= 0.6 is 11.3 Å². The largest absolute Gasteiger partial charge is 0.481 e. The molecule has 134 valence electrons. The summed E-state index contributed by atoms with van der Waals surface area (Å²) in [5.41, 5.74) is 2.05. The predicted octanol–water partition coefficient (Wildman–Crippen LogP) is 3.00. The Balaban J connectivity index is 1.61. The van der Waals surface area contributed by atoms with E-state index in [2.05, 4.69) is 17.2 Å². The van der Waals surface area contributed by atoms with Crippen LogP contribution in [-0.2, 0) is 11.3 Å². The number of amides is 1. The van der Waals surface area contributed by atoms with Crippen LogP contribution in [0.15, 0.2) is 36.4 Å². The van der Waals surface area contributed by atoms with Gasteiger partial charge in [-0.15, -0.1) is 11.3 Å². The maximum atomic E-state index is 12.8. The van der Waals surface area contributed by atoms with E-state index < -0.39 is 11.9 Å². The number of carbonyl (C=O) groups excluding carboxylic acids is 1. The Kier molecular flexibility index (Phi) is 4.24. The first-order valence-corrected chi connectivity index (χ1v) is 9.37. The molecule has 2 aromatic heterocycles. The van der Waals surface area contributed by atoms with Gasteiger partial charge in [0.25, 0.3) is 5.91 Å². The highest BCUT2D eigenvalue weighted by atomic mass is 32.1. The lowest BCUT2D eigenvalue weighted by molar-refractivity contribution is -0.141. The van der Waals surface area contributed by atoms with Gasteiger partial charge in [0, 0.05) is 18.5 Å². The zero-order valence-corrected chi connectivity index (χ0v) is 15.2. The van der Waals surface area contributed by atoms with Gasteiger partial charge in [-0.1, -0.05) is 30.3 Å². The van der Waals surface area contributed by atoms with E-state index in [9.17, 15) is 9.59 Å². The fourth-order valence-electron chi connectivity index (χ4n) is 3.38. The monoisotopic (exact) mass is 369 g/mol. The summed E-state index contributed by atoms with van der Waals surface area (Å²) in [7, 11) is 0. The number of aliphatic carboxylic acids is 1. The zero-order valence-electron chi connectivity index (χ0n) is 14.4. The van der Waals surface area contributed by atoms with Crippen LogP contribution < -0.4 is 0 Å². The van der Waals surface area contributed by atoms with Crippen molar-refractivity contribution < 1.29 is 14.7 Å². The molecule has 0 spiro atoms. The van der Waals surface area contributed by atoms with E-state index in [-0.39, 0.29) is 12.5 Å². The molecule has 1 unspecified atom stereocenters. The van der Waals surface area contributed by atoms with E-state index in [1.807, 2.05) is 35.9 Å². The molecule has 1 aromatic carbocycles. The maximum absolute atomic E-state index is 12.8. The molecule has 0 radical (unpaired) electrons. The summed E-state index contributed by atoms with van der Waals surface area (Å²) >= 11 is 1.43. The van der Waals surface area contributed by atoms with Crippen LogP contribution in [0.25, 0.3) is 10.2 Å². The highest BCUT2D eigenvalue weighted by Crippen LogP contribution is 2.31. The number of hydrogen-bond donors (Lipinski definition) is 1. The van der Waals surface area contributed by atoms with Gasteiger partial charge < -0.3 is 10.0 Å². The highest BCUT2D eigenvalue weighted by molar-refractivity contribution is 7.20. The number of carboxylic acids is 1. The van der Waals surface area contributed by atoms with Crippen molar-refractivity contribution in [2.45, 2.75) is 19.9 Å². The molecule has 1 N–H and O–H groups in total. The Morgan fingerprint density at radius 2 is 2.08 bits per heavy atom. The Bertz CT molecular complexity index is 977. The molecule has 1 fully saturated rings. The number of benzene rings is 1. The second-order valence-corrected chi connectivity index (χ2v) is 7.66. The van der Waals surface area contributed by atoms with Crippen molar-refractivity contribution in [3.05, 3.63) is 52.5 Å². The third-order valence-electron chi connectivity index (χ3n) is 4.82. The molecule has 1 atom stereocenters. The fraction of sp³-hybridized carbons (Fsp3) is 0.316. The summed E-state index contributed by atoms with van der Waals surface area (Å²) in [5.74, 6) is -1.37. The zero-order chi connectivity index (χ0) is 18.3. The van der Waals surface area contributed by atoms with Gasteiger partial charge in [0.2, 0.25) is 0 Å². The van der Waals surface area contributed by atoms with Crippen LogP contribution in [0.4, 0.5) is 0 Å². The number of fused-ring (bicyclic) bond motifs is 1. The van der Waals surface area contributed by atoms with Crippen molar-refractivity contribution in [3.63, 3.8) is 0 Å². The van der Waals surface area contributed by atoms with Crippen LogP contribution in [-0.4, -0.2) is 44.8 Å². The van der Waals surface area contributed by atoms with Crippen LogP contribution in [0, 0.1) is 12.8 Å². The molecule has 1 saturated heterocycles. The first-order chi connectivity index (χ1) is 12.5. The van der Waals surface area contributed by atoms with E-state index in [0.717, 1.165) is 21.5 Å². The molecule has 6 nitrogen and oxygen atoms in total. The van der Waals surface area contributed by atoms with Gasteiger partial charge in [0.05, 0.1) is 23.0 Å². The van der Waals surface area contributed by atoms with Crippen LogP contribution in [0.2, 0.25) is 0 Å². The average molecular weight is 369 g/mol. The number of likely N-dealkylation sites (tertiary alicyclic amines) is 1. The Labute approximate surface area is 154 Å². The van der Waals surface area contributed by atoms with Gasteiger partial charge in [-0.2, -0.15) is 5.10 Å². The summed E-state index contributed by atoms with van der Waals surface area (Å²) in [6.45, 7) is 3.39. The Morgan fingerprint density at radius 3 is 2.77 bits per heavy atom. The molecule has 0 saturated carbocycles. The number of nitrogens with zero attached hydrogens (tertiary/aromatic N) is 3. The van der Waals surface area contributed by atoms with Crippen molar-refractivity contribution in [1.82, 2.24) is 14.7 Å². The topological polar surface area (TPSA) is 75.4 Å². The standard InChI is InChI=1S/C19H19N3O3S/c1-12-15-9-16(17(23)21-8-7-14(11-21)19(24)25)26-18(15)22(20-12)10-13-5-3-2-4-6-13/h2-6,9,14H,7-8,10-11H2,1H3,(H,24,25). The van der Waals surface area contributed by atoms with Gasteiger partial charge >= 0.3 is 5.97 Å². The molecule has 7 heteroatoms. The fourth-order valence-corrected chi connectivity index (χ4v) is 4.51. The number of carbonyl (C=O) groups is 2. The predicted molar refractivity (Wildman–Crippen MR) is 99.5 cm³/mol. The third-order valence-corrected chi connectivity index (χ3v) is 5.95. The smallest absolute Gasteiger partial charge is 0.308 e. The second kappa shape index (κ2) is 6.57. The second-order valence-electron chi connectivity index (χ2n) is 6.63. The molecule has 1 amide bonds. The molecule has 26 heavy (non-hydrogen) atoms. The summed E-state index contributed by atoms with van der Waals surface area (Å²) in [6, 6.07) is 12.0. The van der Waals surface area contributed by atoms with E-state index in [4.69, 9.17) is 5.11 Å². The van der Waals surface area contributed by atoms with Crippen LogP contribution in [0.1, 0.15) is 27.3 Å². The minimum absolute atomic E-state index is 0.0828. The third kappa shape index (κ3) is 2.99.